The molecule has 2 atom stereocenters. The Morgan fingerprint density at radius 3 is 0.790 bits per heavy atom. The molecule has 0 spiro atoms. The van der Waals surface area contributed by atoms with E-state index in [4.69, 9.17) is 4.74 Å². The predicted octanol–water partition coefficient (Wildman–Crippen LogP) is 31.3. The number of esters is 1. The Hall–Kier alpha value is -1.92. The summed E-state index contributed by atoms with van der Waals surface area (Å²) in [5.41, 5.74) is 0. The fourth-order valence-electron chi connectivity index (χ4n) is 14.9. The van der Waals surface area contributed by atoms with E-state index in [-0.39, 0.29) is 18.5 Å². The van der Waals surface area contributed by atoms with Crippen LogP contribution in [-0.2, 0) is 14.3 Å². The maximum Gasteiger partial charge on any atom is 0.305 e. The van der Waals surface area contributed by atoms with Crippen molar-refractivity contribution >= 4 is 11.9 Å². The molecule has 0 saturated carbocycles. The monoisotopic (exact) mass is 1400 g/mol. The topological polar surface area (TPSA) is 95.9 Å². The van der Waals surface area contributed by atoms with E-state index in [0.717, 1.165) is 44.9 Å². The number of ether oxygens (including phenoxy) is 1. The Kier molecular flexibility index (Phi) is 87.8. The number of carbonyl (C=O) groups excluding carboxylic acids is 2. The number of unbranched alkanes of at least 4 members (excludes halogenated alkanes) is 71. The van der Waals surface area contributed by atoms with Gasteiger partial charge in [0, 0.05) is 12.8 Å². The smallest absolute Gasteiger partial charge is 0.305 e. The van der Waals surface area contributed by atoms with Crippen molar-refractivity contribution in [1.82, 2.24) is 5.32 Å². The van der Waals surface area contributed by atoms with Gasteiger partial charge < -0.3 is 20.3 Å². The summed E-state index contributed by atoms with van der Waals surface area (Å²) in [6.07, 6.45) is 119. The molecule has 0 aromatic rings. The van der Waals surface area contributed by atoms with Crippen molar-refractivity contribution < 1.29 is 24.5 Å². The van der Waals surface area contributed by atoms with E-state index in [1.165, 1.54) is 449 Å². The zero-order valence-corrected chi connectivity index (χ0v) is 68.2. The van der Waals surface area contributed by atoms with Gasteiger partial charge in [0.15, 0.2) is 0 Å². The number of nitrogens with one attached hydrogen (secondary N) is 1. The normalized spacial score (nSPS) is 12.6. The first-order valence-corrected chi connectivity index (χ1v) is 46.2. The second kappa shape index (κ2) is 89.5. The van der Waals surface area contributed by atoms with Crippen LogP contribution in [-0.4, -0.2) is 47.4 Å². The van der Waals surface area contributed by atoms with Crippen molar-refractivity contribution in [3.63, 3.8) is 0 Å². The van der Waals surface area contributed by atoms with Crippen LogP contribution in [0.15, 0.2) is 36.5 Å². The van der Waals surface area contributed by atoms with Crippen molar-refractivity contribution in [2.75, 3.05) is 13.2 Å². The minimum Gasteiger partial charge on any atom is -0.466 e. The van der Waals surface area contributed by atoms with E-state index in [9.17, 15) is 19.8 Å². The van der Waals surface area contributed by atoms with Crippen molar-refractivity contribution in [3.8, 4) is 0 Å². The summed E-state index contributed by atoms with van der Waals surface area (Å²) >= 11 is 0. The fourth-order valence-corrected chi connectivity index (χ4v) is 14.9. The van der Waals surface area contributed by atoms with E-state index in [1.54, 1.807) is 0 Å². The molecule has 0 heterocycles. The standard InChI is InChI=1S/C94H181NO5/c1-3-5-7-9-11-13-15-17-19-21-23-24-25-41-44-47-51-54-58-62-66-70-74-78-82-86-92(97)91(90-96)95-93(98)87-83-79-75-71-67-63-59-55-52-48-45-42-39-37-35-33-31-29-27-26-28-30-32-34-36-38-40-43-46-49-53-57-61-65-69-73-77-81-85-89-100-94(99)88-84-80-76-72-68-64-60-56-50-22-20-18-16-14-12-10-8-6-4-2/h12,14,18,20,26-27,91-92,96-97H,3-11,13,15-17,19,21-25,28-90H2,1-2H3,(H,95,98)/b14-12-,20-18-,27-26-. The van der Waals surface area contributed by atoms with Gasteiger partial charge in [-0.25, -0.2) is 0 Å². The molecular weight excluding hydrogens is 1220 g/mol. The van der Waals surface area contributed by atoms with Gasteiger partial charge in [-0.05, 0) is 83.5 Å². The highest BCUT2D eigenvalue weighted by molar-refractivity contribution is 5.76. The van der Waals surface area contributed by atoms with Gasteiger partial charge in [0.2, 0.25) is 5.91 Å². The number of amides is 1. The molecule has 0 bridgehead atoms. The van der Waals surface area contributed by atoms with Crippen molar-refractivity contribution in [1.29, 1.82) is 0 Å². The number of rotatable bonds is 88. The molecule has 6 nitrogen and oxygen atoms in total. The lowest BCUT2D eigenvalue weighted by Gasteiger charge is -2.22. The molecular formula is C94H181NO5. The molecule has 0 aliphatic heterocycles. The molecule has 3 N–H and O–H groups in total. The van der Waals surface area contributed by atoms with Gasteiger partial charge in [0.05, 0.1) is 25.4 Å². The summed E-state index contributed by atoms with van der Waals surface area (Å²) in [7, 11) is 0. The molecule has 0 aliphatic carbocycles. The third-order valence-electron chi connectivity index (χ3n) is 21.9. The average molecular weight is 1410 g/mol. The van der Waals surface area contributed by atoms with Crippen molar-refractivity contribution in [2.45, 2.75) is 540 Å². The first kappa shape index (κ1) is 98.1. The Balaban J connectivity index is 3.32. The van der Waals surface area contributed by atoms with E-state index in [1.807, 2.05) is 0 Å². The number of hydrogen-bond acceptors (Lipinski definition) is 5. The maximum atomic E-state index is 12.6. The second-order valence-electron chi connectivity index (χ2n) is 32.0. The molecule has 0 aromatic carbocycles. The zero-order valence-electron chi connectivity index (χ0n) is 68.2. The number of aliphatic hydroxyl groups is 2. The summed E-state index contributed by atoms with van der Waals surface area (Å²) in [6.45, 7) is 4.99. The molecule has 592 valence electrons. The molecule has 0 rings (SSSR count). The van der Waals surface area contributed by atoms with E-state index in [2.05, 4.69) is 55.6 Å². The van der Waals surface area contributed by atoms with Gasteiger partial charge in [0.1, 0.15) is 0 Å². The van der Waals surface area contributed by atoms with Gasteiger partial charge >= 0.3 is 5.97 Å². The molecule has 1 amide bonds. The lowest BCUT2D eigenvalue weighted by atomic mass is 10.0. The number of carbonyl (C=O) groups is 2. The molecule has 0 saturated heterocycles. The van der Waals surface area contributed by atoms with E-state index >= 15 is 0 Å². The molecule has 2 unspecified atom stereocenters. The zero-order chi connectivity index (χ0) is 71.9. The Bertz CT molecular complexity index is 1620. The van der Waals surface area contributed by atoms with Crippen LogP contribution in [0.4, 0.5) is 0 Å². The summed E-state index contributed by atoms with van der Waals surface area (Å²) in [6, 6.07) is -0.540. The average Bonchev–Trinajstić information content (AvgIpc) is 1.80. The highest BCUT2D eigenvalue weighted by Gasteiger charge is 2.20. The lowest BCUT2D eigenvalue weighted by molar-refractivity contribution is -0.143. The summed E-state index contributed by atoms with van der Waals surface area (Å²) in [4.78, 5) is 24.7. The molecule has 100 heavy (non-hydrogen) atoms. The molecule has 0 fully saturated rings. The number of hydrogen-bond donors (Lipinski definition) is 3. The van der Waals surface area contributed by atoms with Crippen LogP contribution in [0, 0.1) is 0 Å². The minimum atomic E-state index is -0.663. The van der Waals surface area contributed by atoms with Gasteiger partial charge in [-0.1, -0.05) is 468 Å². The third kappa shape index (κ3) is 85.0. The van der Waals surface area contributed by atoms with Crippen molar-refractivity contribution in [2.24, 2.45) is 0 Å². The third-order valence-corrected chi connectivity index (χ3v) is 21.9. The first-order chi connectivity index (χ1) is 49.5. The van der Waals surface area contributed by atoms with Crippen LogP contribution >= 0.6 is 0 Å². The van der Waals surface area contributed by atoms with Crippen LogP contribution < -0.4 is 5.32 Å². The van der Waals surface area contributed by atoms with Crippen LogP contribution in [0.3, 0.4) is 0 Å². The number of aliphatic hydroxyl groups excluding tert-OH is 2. The van der Waals surface area contributed by atoms with Gasteiger partial charge in [-0.15, -0.1) is 0 Å². The van der Waals surface area contributed by atoms with Crippen LogP contribution in [0.5, 0.6) is 0 Å². The first-order valence-electron chi connectivity index (χ1n) is 46.2. The van der Waals surface area contributed by atoms with Gasteiger partial charge in [0.25, 0.3) is 0 Å². The minimum absolute atomic E-state index is 0.0198. The largest absolute Gasteiger partial charge is 0.466 e. The lowest BCUT2D eigenvalue weighted by Crippen LogP contribution is -2.45. The van der Waals surface area contributed by atoms with Gasteiger partial charge in [-0.2, -0.15) is 0 Å². The predicted molar refractivity (Wildman–Crippen MR) is 444 cm³/mol. The van der Waals surface area contributed by atoms with E-state index < -0.39 is 12.1 Å². The van der Waals surface area contributed by atoms with Gasteiger partial charge in [-0.3, -0.25) is 9.59 Å². The molecule has 0 aliphatic rings. The molecule has 0 radical (unpaired) electrons. The quantitative estimate of drug-likeness (QED) is 0.0320. The van der Waals surface area contributed by atoms with Crippen LogP contribution in [0.1, 0.15) is 528 Å². The van der Waals surface area contributed by atoms with E-state index in [0.29, 0.717) is 25.9 Å². The fraction of sp³-hybridized carbons (Fsp3) is 0.915. The summed E-state index contributed by atoms with van der Waals surface area (Å²) < 4.78 is 5.52. The van der Waals surface area contributed by atoms with Crippen molar-refractivity contribution in [3.05, 3.63) is 36.5 Å². The highest BCUT2D eigenvalue weighted by Crippen LogP contribution is 2.21. The van der Waals surface area contributed by atoms with Crippen LogP contribution in [0.25, 0.3) is 0 Å². The summed E-state index contributed by atoms with van der Waals surface area (Å²) in [5, 5.41) is 23.5. The Morgan fingerprint density at radius 1 is 0.280 bits per heavy atom. The maximum absolute atomic E-state index is 12.6. The number of allylic oxidation sites excluding steroid dienone is 6. The SMILES string of the molecule is CCCCC/C=C\C/C=C\CCCCCCCCCCCC(=O)OCCCCCCCCCCCCCCCCCCCC/C=C\CCCCCCCCCCCCCCCCCCCC(=O)NC(CO)C(O)CCCCCCCCCCCCCCCCCCCCCCCCCCC. The Morgan fingerprint density at radius 2 is 0.500 bits per heavy atom. The second-order valence-corrected chi connectivity index (χ2v) is 32.0. The summed E-state index contributed by atoms with van der Waals surface area (Å²) in [5.74, 6) is -0.00425. The van der Waals surface area contributed by atoms with Crippen LogP contribution in [0.2, 0.25) is 0 Å². The highest BCUT2D eigenvalue weighted by atomic mass is 16.5. The molecule has 0 aromatic heterocycles. The molecule has 6 heteroatoms. The Labute approximate surface area is 627 Å².